The van der Waals surface area contributed by atoms with Crippen LogP contribution < -0.4 is 4.74 Å². The van der Waals surface area contributed by atoms with Crippen molar-refractivity contribution in [1.29, 1.82) is 0 Å². The zero-order valence-corrected chi connectivity index (χ0v) is 16.5. The summed E-state index contributed by atoms with van der Waals surface area (Å²) in [7, 11) is 0. The first-order chi connectivity index (χ1) is 11.1. The van der Waals surface area contributed by atoms with Gasteiger partial charge in [-0.05, 0) is 72.3 Å². The van der Waals surface area contributed by atoms with E-state index in [9.17, 15) is 0 Å². The monoisotopic (exact) mass is 452 g/mol. The van der Waals surface area contributed by atoms with Crippen molar-refractivity contribution in [3.05, 3.63) is 43.4 Å². The van der Waals surface area contributed by atoms with Crippen molar-refractivity contribution in [3.63, 3.8) is 0 Å². The average Bonchev–Trinajstić information content (AvgIpc) is 2.88. The van der Waals surface area contributed by atoms with Crippen molar-refractivity contribution in [1.82, 2.24) is 9.97 Å². The molecule has 0 spiro atoms. The minimum absolute atomic E-state index is 0.676. The molecule has 1 aliphatic rings. The first-order valence-corrected chi connectivity index (χ1v) is 9.94. The van der Waals surface area contributed by atoms with Gasteiger partial charge in [0.2, 0.25) is 5.88 Å². The maximum absolute atomic E-state index is 6.17. The summed E-state index contributed by atoms with van der Waals surface area (Å²) in [6.45, 7) is 1.92. The Morgan fingerprint density at radius 1 is 1.13 bits per heavy atom. The third-order valence-electron chi connectivity index (χ3n) is 3.99. The van der Waals surface area contributed by atoms with Crippen LogP contribution in [0.1, 0.15) is 29.1 Å². The Balaban J connectivity index is 1.87. The summed E-state index contributed by atoms with van der Waals surface area (Å²) in [6, 6.07) is 5.88. The largest absolute Gasteiger partial charge is 0.437 e. The second-order valence-electron chi connectivity index (χ2n) is 5.64. The van der Waals surface area contributed by atoms with E-state index in [1.807, 2.05) is 25.1 Å². The number of hydrogen-bond donors (Lipinski definition) is 0. The van der Waals surface area contributed by atoms with Crippen LogP contribution in [0.25, 0.3) is 10.2 Å². The summed E-state index contributed by atoms with van der Waals surface area (Å²) < 4.78 is 8.08. The van der Waals surface area contributed by atoms with E-state index >= 15 is 0 Å². The fourth-order valence-electron chi connectivity index (χ4n) is 2.96. The van der Waals surface area contributed by atoms with Crippen LogP contribution in [0.2, 0.25) is 0 Å². The first-order valence-electron chi connectivity index (χ1n) is 7.53. The van der Waals surface area contributed by atoms with Crippen LogP contribution >= 0.6 is 43.2 Å². The maximum Gasteiger partial charge on any atom is 0.231 e. The number of thiophene rings is 1. The van der Waals surface area contributed by atoms with Gasteiger partial charge < -0.3 is 4.74 Å². The third-order valence-corrected chi connectivity index (χ3v) is 6.29. The van der Waals surface area contributed by atoms with Gasteiger partial charge in [0, 0.05) is 9.35 Å². The molecule has 3 nitrogen and oxygen atoms in total. The van der Waals surface area contributed by atoms with Gasteiger partial charge >= 0.3 is 0 Å². The SMILES string of the molecule is Cc1nc(Oc2ccc(Br)cc2Br)c2c3c(sc2n1)CCCC3. The Kier molecular flexibility index (Phi) is 4.15. The molecular formula is C17H14Br2N2OS. The number of hydrogen-bond acceptors (Lipinski definition) is 4. The molecule has 0 fully saturated rings. The lowest BCUT2D eigenvalue weighted by atomic mass is 9.97. The van der Waals surface area contributed by atoms with Gasteiger partial charge in [-0.2, -0.15) is 4.98 Å². The highest BCUT2D eigenvalue weighted by Crippen LogP contribution is 2.41. The van der Waals surface area contributed by atoms with Gasteiger partial charge in [-0.3, -0.25) is 0 Å². The average molecular weight is 454 g/mol. The highest BCUT2D eigenvalue weighted by Gasteiger charge is 2.22. The lowest BCUT2D eigenvalue weighted by molar-refractivity contribution is 0.463. The molecule has 0 unspecified atom stereocenters. The second-order valence-corrected chi connectivity index (χ2v) is 8.50. The predicted octanol–water partition coefficient (Wildman–Crippen LogP) is 6.20. The topological polar surface area (TPSA) is 35.0 Å². The van der Waals surface area contributed by atoms with E-state index in [1.165, 1.54) is 23.3 Å². The minimum atomic E-state index is 0.676. The summed E-state index contributed by atoms with van der Waals surface area (Å²) >= 11 is 8.82. The van der Waals surface area contributed by atoms with E-state index in [1.54, 1.807) is 11.3 Å². The molecule has 0 saturated carbocycles. The smallest absolute Gasteiger partial charge is 0.231 e. The lowest BCUT2D eigenvalue weighted by Crippen LogP contribution is -2.00. The van der Waals surface area contributed by atoms with E-state index in [4.69, 9.17) is 4.74 Å². The maximum atomic E-state index is 6.17. The second kappa shape index (κ2) is 6.15. The molecule has 0 aliphatic heterocycles. The van der Waals surface area contributed by atoms with Crippen LogP contribution in [0.4, 0.5) is 0 Å². The summed E-state index contributed by atoms with van der Waals surface area (Å²) in [5.74, 6) is 2.19. The number of fused-ring (bicyclic) bond motifs is 3. The molecule has 2 aromatic heterocycles. The van der Waals surface area contributed by atoms with E-state index in [2.05, 4.69) is 41.8 Å². The van der Waals surface area contributed by atoms with Crippen molar-refractivity contribution in [2.24, 2.45) is 0 Å². The summed E-state index contributed by atoms with van der Waals surface area (Å²) in [4.78, 5) is 11.7. The predicted molar refractivity (Wildman–Crippen MR) is 101 cm³/mol. The zero-order chi connectivity index (χ0) is 16.0. The Hall–Kier alpha value is -0.980. The highest BCUT2D eigenvalue weighted by atomic mass is 79.9. The molecule has 118 valence electrons. The van der Waals surface area contributed by atoms with Crippen LogP contribution in [0.3, 0.4) is 0 Å². The first kappa shape index (κ1) is 15.5. The number of rotatable bonds is 2. The zero-order valence-electron chi connectivity index (χ0n) is 12.5. The number of aryl methyl sites for hydroxylation is 3. The van der Waals surface area contributed by atoms with E-state index < -0.39 is 0 Å². The molecule has 3 aromatic rings. The Morgan fingerprint density at radius 3 is 2.78 bits per heavy atom. The molecule has 23 heavy (non-hydrogen) atoms. The quantitative estimate of drug-likeness (QED) is 0.463. The molecule has 6 heteroatoms. The van der Waals surface area contributed by atoms with Crippen molar-refractivity contribution >= 4 is 53.4 Å². The van der Waals surface area contributed by atoms with Crippen LogP contribution in [0.15, 0.2) is 27.1 Å². The number of aromatic nitrogens is 2. The van der Waals surface area contributed by atoms with Crippen LogP contribution in [-0.4, -0.2) is 9.97 Å². The summed E-state index contributed by atoms with van der Waals surface area (Å²) in [5, 5.41) is 1.10. The normalized spacial score (nSPS) is 14.0. The Bertz CT molecular complexity index is 907. The molecule has 1 aliphatic carbocycles. The molecule has 0 atom stereocenters. The van der Waals surface area contributed by atoms with Crippen molar-refractivity contribution in [3.8, 4) is 11.6 Å². The standard InChI is InChI=1S/C17H14Br2N2OS/c1-9-20-16(22-13-7-6-10(18)8-12(13)19)15-11-4-2-3-5-14(11)23-17(15)21-9/h6-8H,2-5H2,1H3. The third kappa shape index (κ3) is 2.92. The van der Waals surface area contributed by atoms with Crippen molar-refractivity contribution in [2.75, 3.05) is 0 Å². The molecule has 1 aromatic carbocycles. The van der Waals surface area contributed by atoms with Crippen LogP contribution in [0, 0.1) is 6.92 Å². The molecule has 0 bridgehead atoms. The Labute approximate surface area is 155 Å². The molecule has 4 rings (SSSR count). The Morgan fingerprint density at radius 2 is 1.96 bits per heavy atom. The van der Waals surface area contributed by atoms with E-state index in [0.29, 0.717) is 5.88 Å². The number of ether oxygens (including phenoxy) is 1. The van der Waals surface area contributed by atoms with Gasteiger partial charge in [0.05, 0.1) is 9.86 Å². The number of halogens is 2. The summed E-state index contributed by atoms with van der Waals surface area (Å²) in [6.07, 6.45) is 4.74. The lowest BCUT2D eigenvalue weighted by Gasteiger charge is -2.13. The van der Waals surface area contributed by atoms with Crippen molar-refractivity contribution < 1.29 is 4.74 Å². The molecule has 0 saturated heterocycles. The van der Waals surface area contributed by atoms with Gasteiger partial charge in [-0.1, -0.05) is 15.9 Å². The van der Waals surface area contributed by atoms with Gasteiger partial charge in [0.1, 0.15) is 16.4 Å². The van der Waals surface area contributed by atoms with Gasteiger partial charge in [0.15, 0.2) is 0 Å². The molecular weight excluding hydrogens is 440 g/mol. The van der Waals surface area contributed by atoms with Gasteiger partial charge in [0.25, 0.3) is 0 Å². The fourth-order valence-corrected chi connectivity index (χ4v) is 5.39. The molecule has 0 radical (unpaired) electrons. The van der Waals surface area contributed by atoms with Gasteiger partial charge in [-0.15, -0.1) is 11.3 Å². The van der Waals surface area contributed by atoms with E-state index in [-0.39, 0.29) is 0 Å². The van der Waals surface area contributed by atoms with Crippen LogP contribution in [-0.2, 0) is 12.8 Å². The van der Waals surface area contributed by atoms with Crippen molar-refractivity contribution in [2.45, 2.75) is 32.6 Å². The number of nitrogens with zero attached hydrogens (tertiary/aromatic N) is 2. The van der Waals surface area contributed by atoms with Crippen LogP contribution in [0.5, 0.6) is 11.6 Å². The minimum Gasteiger partial charge on any atom is -0.437 e. The molecule has 0 amide bonds. The number of benzene rings is 1. The molecule has 0 N–H and O–H groups in total. The van der Waals surface area contributed by atoms with E-state index in [0.717, 1.165) is 43.6 Å². The molecule has 2 heterocycles. The summed E-state index contributed by atoms with van der Waals surface area (Å²) in [5.41, 5.74) is 1.39. The fraction of sp³-hybridized carbons (Fsp3) is 0.294. The highest BCUT2D eigenvalue weighted by molar-refractivity contribution is 9.11. The van der Waals surface area contributed by atoms with Gasteiger partial charge in [-0.25, -0.2) is 4.98 Å².